The second kappa shape index (κ2) is 6.05. The van der Waals surface area contributed by atoms with Gasteiger partial charge in [-0.25, -0.2) is 9.97 Å². The van der Waals surface area contributed by atoms with Crippen LogP contribution in [0.1, 0.15) is 58.4 Å². The monoisotopic (exact) mass is 371 g/mol. The minimum Gasteiger partial charge on any atom is -0.396 e. The van der Waals surface area contributed by atoms with Gasteiger partial charge < -0.3 is 20.2 Å². The molecule has 2 atom stereocenters. The molecule has 2 aliphatic heterocycles. The molecule has 2 aliphatic carbocycles. The number of aliphatic hydroxyl groups is 1. The quantitative estimate of drug-likeness (QED) is 0.848. The minimum atomic E-state index is 0.0958. The number of anilines is 2. The highest BCUT2D eigenvalue weighted by molar-refractivity contribution is 5.70. The van der Waals surface area contributed by atoms with Crippen LogP contribution in [0.15, 0.2) is 6.33 Å². The van der Waals surface area contributed by atoms with Crippen molar-refractivity contribution in [1.82, 2.24) is 15.3 Å². The maximum Gasteiger partial charge on any atom is 0.138 e. The molecule has 0 unspecified atom stereocenters. The molecule has 0 radical (unpaired) electrons. The van der Waals surface area contributed by atoms with Gasteiger partial charge in [0.25, 0.3) is 0 Å². The lowest BCUT2D eigenvalue weighted by molar-refractivity contribution is 0.0410. The van der Waals surface area contributed by atoms with Gasteiger partial charge in [0.1, 0.15) is 18.0 Å². The first-order chi connectivity index (χ1) is 12.9. The second-order valence-corrected chi connectivity index (χ2v) is 10.00. The van der Waals surface area contributed by atoms with Crippen LogP contribution in [-0.4, -0.2) is 59.4 Å². The van der Waals surface area contributed by atoms with Crippen molar-refractivity contribution in [2.75, 3.05) is 36.0 Å². The first-order valence-corrected chi connectivity index (χ1v) is 10.7. The van der Waals surface area contributed by atoms with E-state index in [0.717, 1.165) is 32.5 Å². The summed E-state index contributed by atoms with van der Waals surface area (Å²) in [4.78, 5) is 14.7. The minimum absolute atomic E-state index is 0.0958. The summed E-state index contributed by atoms with van der Waals surface area (Å²) in [6.45, 7) is 10.2. The highest BCUT2D eigenvalue weighted by Crippen LogP contribution is 2.57. The fourth-order valence-corrected chi connectivity index (χ4v) is 5.82. The molecule has 1 spiro atoms. The number of aromatic nitrogens is 2. The third-order valence-electron chi connectivity index (χ3n) is 7.71. The Kier molecular flexibility index (Phi) is 3.96. The van der Waals surface area contributed by atoms with E-state index in [1.807, 2.05) is 0 Å². The van der Waals surface area contributed by atoms with Crippen molar-refractivity contribution >= 4 is 11.6 Å². The van der Waals surface area contributed by atoms with Gasteiger partial charge >= 0.3 is 0 Å². The molecule has 3 heterocycles. The van der Waals surface area contributed by atoms with Crippen molar-refractivity contribution in [2.45, 2.75) is 76.4 Å². The van der Waals surface area contributed by atoms with E-state index in [4.69, 9.17) is 9.97 Å². The van der Waals surface area contributed by atoms with Crippen LogP contribution in [0.2, 0.25) is 0 Å². The van der Waals surface area contributed by atoms with Gasteiger partial charge in [0.15, 0.2) is 0 Å². The number of fused-ring (bicyclic) bond motifs is 2. The standard InChI is InChI=1S/C21H33N5O/c1-14-10-25(15(2)9-22-14)18-17-19(24-13-23-18)26(11-21(17)5-4-6-21)16-7-20(3,8-16)12-27/h13-16,22,27H,4-12H2,1-3H3/t14-,15+,16?,20?/m1/s1. The molecule has 6 heteroatoms. The lowest BCUT2D eigenvalue weighted by Gasteiger charge is -2.49. The molecule has 6 nitrogen and oxygen atoms in total. The average Bonchev–Trinajstić information content (AvgIpc) is 2.97. The molecule has 2 saturated carbocycles. The van der Waals surface area contributed by atoms with E-state index in [-0.39, 0.29) is 10.8 Å². The molecule has 148 valence electrons. The van der Waals surface area contributed by atoms with E-state index in [0.29, 0.717) is 24.7 Å². The van der Waals surface area contributed by atoms with Crippen molar-refractivity contribution in [3.8, 4) is 0 Å². The van der Waals surface area contributed by atoms with Crippen LogP contribution in [0, 0.1) is 5.41 Å². The molecular formula is C21H33N5O. The lowest BCUT2D eigenvalue weighted by atomic mass is 9.65. The Balaban J connectivity index is 1.52. The third-order valence-corrected chi connectivity index (χ3v) is 7.71. The van der Waals surface area contributed by atoms with Crippen LogP contribution in [0.5, 0.6) is 0 Å². The van der Waals surface area contributed by atoms with E-state index >= 15 is 0 Å². The molecule has 5 rings (SSSR count). The van der Waals surface area contributed by atoms with E-state index in [2.05, 4.69) is 35.9 Å². The Morgan fingerprint density at radius 3 is 2.52 bits per heavy atom. The van der Waals surface area contributed by atoms with Crippen molar-refractivity contribution in [1.29, 1.82) is 0 Å². The van der Waals surface area contributed by atoms with E-state index in [1.165, 1.54) is 36.5 Å². The van der Waals surface area contributed by atoms with Crippen LogP contribution in [-0.2, 0) is 5.41 Å². The normalized spacial score (nSPS) is 37.1. The van der Waals surface area contributed by atoms with Crippen molar-refractivity contribution < 1.29 is 5.11 Å². The molecule has 1 aromatic rings. The molecule has 0 amide bonds. The summed E-state index contributed by atoms with van der Waals surface area (Å²) in [6, 6.07) is 1.45. The first-order valence-electron chi connectivity index (χ1n) is 10.7. The second-order valence-electron chi connectivity index (χ2n) is 10.00. The van der Waals surface area contributed by atoms with Crippen molar-refractivity contribution in [3.05, 3.63) is 11.9 Å². The van der Waals surface area contributed by atoms with E-state index in [9.17, 15) is 5.11 Å². The summed E-state index contributed by atoms with van der Waals surface area (Å²) in [5.74, 6) is 2.37. The summed E-state index contributed by atoms with van der Waals surface area (Å²) < 4.78 is 0. The van der Waals surface area contributed by atoms with Crippen molar-refractivity contribution in [3.63, 3.8) is 0 Å². The molecule has 0 aromatic carbocycles. The maximum atomic E-state index is 9.67. The average molecular weight is 372 g/mol. The fourth-order valence-electron chi connectivity index (χ4n) is 5.82. The van der Waals surface area contributed by atoms with E-state index in [1.54, 1.807) is 6.33 Å². The molecule has 27 heavy (non-hydrogen) atoms. The van der Waals surface area contributed by atoms with Crippen molar-refractivity contribution in [2.24, 2.45) is 5.41 Å². The van der Waals surface area contributed by atoms with Crippen LogP contribution < -0.4 is 15.1 Å². The van der Waals surface area contributed by atoms with Gasteiger partial charge in [-0.1, -0.05) is 13.3 Å². The Morgan fingerprint density at radius 1 is 1.19 bits per heavy atom. The summed E-state index contributed by atoms with van der Waals surface area (Å²) in [5.41, 5.74) is 1.78. The van der Waals surface area contributed by atoms with Gasteiger partial charge in [0.2, 0.25) is 0 Å². The number of piperazine rings is 1. The summed E-state index contributed by atoms with van der Waals surface area (Å²) in [6.07, 6.45) is 7.75. The van der Waals surface area contributed by atoms with Gasteiger partial charge in [-0.3, -0.25) is 0 Å². The molecule has 2 N–H and O–H groups in total. The summed E-state index contributed by atoms with van der Waals surface area (Å²) in [5, 5.41) is 13.3. The van der Waals surface area contributed by atoms with Gasteiger partial charge in [0.05, 0.1) is 0 Å². The largest absolute Gasteiger partial charge is 0.396 e. The smallest absolute Gasteiger partial charge is 0.138 e. The molecule has 1 aromatic heterocycles. The predicted octanol–water partition coefficient (Wildman–Crippen LogP) is 2.07. The highest BCUT2D eigenvalue weighted by atomic mass is 16.3. The predicted molar refractivity (Wildman–Crippen MR) is 107 cm³/mol. The van der Waals surface area contributed by atoms with Crippen LogP contribution >= 0.6 is 0 Å². The Hall–Kier alpha value is -1.40. The van der Waals surface area contributed by atoms with E-state index < -0.39 is 0 Å². The van der Waals surface area contributed by atoms with Gasteiger partial charge in [0, 0.05) is 55.3 Å². The molecule has 3 fully saturated rings. The summed E-state index contributed by atoms with van der Waals surface area (Å²) >= 11 is 0. The van der Waals surface area contributed by atoms with Gasteiger partial charge in [-0.05, 0) is 44.9 Å². The Morgan fingerprint density at radius 2 is 1.89 bits per heavy atom. The molecule has 4 aliphatic rings. The first kappa shape index (κ1) is 17.7. The van der Waals surface area contributed by atoms with Crippen LogP contribution in [0.3, 0.4) is 0 Å². The zero-order valence-electron chi connectivity index (χ0n) is 16.9. The molecule has 1 saturated heterocycles. The maximum absolute atomic E-state index is 9.67. The number of hydrogen-bond acceptors (Lipinski definition) is 6. The number of aliphatic hydroxyl groups excluding tert-OH is 1. The number of hydrogen-bond donors (Lipinski definition) is 2. The molecule has 0 bridgehead atoms. The van der Waals surface area contributed by atoms with Crippen LogP contribution in [0.25, 0.3) is 0 Å². The fraction of sp³-hybridized carbons (Fsp3) is 0.810. The molecular weight excluding hydrogens is 338 g/mol. The topological polar surface area (TPSA) is 64.5 Å². The van der Waals surface area contributed by atoms with Crippen LogP contribution in [0.4, 0.5) is 11.6 Å². The third kappa shape index (κ3) is 2.59. The highest BCUT2D eigenvalue weighted by Gasteiger charge is 2.54. The zero-order chi connectivity index (χ0) is 18.8. The lowest BCUT2D eigenvalue weighted by Crippen LogP contribution is -2.55. The summed E-state index contributed by atoms with van der Waals surface area (Å²) in [7, 11) is 0. The number of nitrogens with one attached hydrogen (secondary N) is 1. The zero-order valence-corrected chi connectivity index (χ0v) is 16.9. The van der Waals surface area contributed by atoms with Gasteiger partial charge in [-0.15, -0.1) is 0 Å². The Labute approximate surface area is 162 Å². The number of nitrogens with zero attached hydrogens (tertiary/aromatic N) is 4. The Bertz CT molecular complexity index is 727. The van der Waals surface area contributed by atoms with Gasteiger partial charge in [-0.2, -0.15) is 0 Å². The SMILES string of the molecule is C[C@@H]1CN(c2ncnc3c2C2(CCC2)CN3C2CC(C)(CO)C2)[C@@H](C)CN1. The number of rotatable bonds is 3.